The molecule has 0 atom stereocenters. The highest BCUT2D eigenvalue weighted by Gasteiger charge is 2.15. The van der Waals surface area contributed by atoms with E-state index in [2.05, 4.69) is 23.5 Å². The second-order valence-corrected chi connectivity index (χ2v) is 7.07. The van der Waals surface area contributed by atoms with E-state index in [0.29, 0.717) is 24.7 Å². The standard InChI is InChI=1S/C13H21N3O2S2/c1-10(2)16(3)8-7-15-20(17,18)12-6-4-5-11(9-12)13(14)19/h4-6,9-10,15H,7-8H2,1-3H3,(H2,14,19). The van der Waals surface area contributed by atoms with Crippen molar-refractivity contribution in [2.24, 2.45) is 5.73 Å². The summed E-state index contributed by atoms with van der Waals surface area (Å²) < 4.78 is 26.9. The SMILES string of the molecule is CC(C)N(C)CCNS(=O)(=O)c1cccc(C(N)=S)c1. The van der Waals surface area contributed by atoms with Crippen molar-refractivity contribution in [1.29, 1.82) is 0 Å². The second-order valence-electron chi connectivity index (χ2n) is 4.86. The van der Waals surface area contributed by atoms with Gasteiger partial charge >= 0.3 is 0 Å². The minimum Gasteiger partial charge on any atom is -0.389 e. The van der Waals surface area contributed by atoms with Crippen molar-refractivity contribution in [1.82, 2.24) is 9.62 Å². The molecule has 0 fully saturated rings. The summed E-state index contributed by atoms with van der Waals surface area (Å²) >= 11 is 4.85. The lowest BCUT2D eigenvalue weighted by molar-refractivity contribution is 0.278. The molecule has 0 aliphatic rings. The van der Waals surface area contributed by atoms with Crippen LogP contribution in [0, 0.1) is 0 Å². The van der Waals surface area contributed by atoms with Crippen molar-refractivity contribution >= 4 is 27.2 Å². The number of benzene rings is 1. The van der Waals surface area contributed by atoms with E-state index in [1.807, 2.05) is 7.05 Å². The summed E-state index contributed by atoms with van der Waals surface area (Å²) in [7, 11) is -1.58. The van der Waals surface area contributed by atoms with Gasteiger partial charge in [0.15, 0.2) is 0 Å². The molecule has 0 saturated carbocycles. The molecule has 1 aromatic carbocycles. The van der Waals surface area contributed by atoms with Crippen LogP contribution in [0.3, 0.4) is 0 Å². The molecule has 0 heterocycles. The Morgan fingerprint density at radius 3 is 2.65 bits per heavy atom. The minimum atomic E-state index is -3.53. The number of hydrogen-bond donors (Lipinski definition) is 2. The molecule has 20 heavy (non-hydrogen) atoms. The Morgan fingerprint density at radius 1 is 1.45 bits per heavy atom. The third-order valence-corrected chi connectivity index (χ3v) is 4.76. The number of nitrogens with zero attached hydrogens (tertiary/aromatic N) is 1. The number of likely N-dealkylation sites (N-methyl/N-ethyl adjacent to an activating group) is 1. The summed E-state index contributed by atoms with van der Waals surface area (Å²) in [6, 6.07) is 6.70. The molecule has 0 aliphatic carbocycles. The lowest BCUT2D eigenvalue weighted by Gasteiger charge is -2.20. The molecule has 7 heteroatoms. The van der Waals surface area contributed by atoms with Gasteiger partial charge in [0, 0.05) is 24.7 Å². The van der Waals surface area contributed by atoms with Crippen molar-refractivity contribution in [3.63, 3.8) is 0 Å². The fourth-order valence-corrected chi connectivity index (χ4v) is 2.71. The molecule has 0 bridgehead atoms. The molecule has 0 saturated heterocycles. The first-order chi connectivity index (χ1) is 9.24. The monoisotopic (exact) mass is 315 g/mol. The van der Waals surface area contributed by atoms with Crippen LogP contribution >= 0.6 is 12.2 Å². The van der Waals surface area contributed by atoms with Gasteiger partial charge in [-0.3, -0.25) is 0 Å². The topological polar surface area (TPSA) is 75.4 Å². The number of thiocarbonyl (C=S) groups is 1. The molecule has 0 spiro atoms. The van der Waals surface area contributed by atoms with E-state index in [1.165, 1.54) is 12.1 Å². The highest BCUT2D eigenvalue weighted by atomic mass is 32.2. The van der Waals surface area contributed by atoms with Crippen LogP contribution in [-0.4, -0.2) is 44.5 Å². The molecule has 0 amide bonds. The van der Waals surface area contributed by atoms with Crippen LogP contribution in [0.1, 0.15) is 19.4 Å². The summed E-state index contributed by atoms with van der Waals surface area (Å²) in [5.41, 5.74) is 6.05. The Morgan fingerprint density at radius 2 is 2.10 bits per heavy atom. The summed E-state index contributed by atoms with van der Waals surface area (Å²) in [5, 5.41) is 0. The van der Waals surface area contributed by atoms with Crippen LogP contribution in [0.2, 0.25) is 0 Å². The predicted octanol–water partition coefficient (Wildman–Crippen LogP) is 0.939. The van der Waals surface area contributed by atoms with E-state index in [-0.39, 0.29) is 9.88 Å². The van der Waals surface area contributed by atoms with Crippen molar-refractivity contribution < 1.29 is 8.42 Å². The number of nitrogens with two attached hydrogens (primary N) is 1. The lowest BCUT2D eigenvalue weighted by Crippen LogP contribution is -2.36. The highest BCUT2D eigenvalue weighted by molar-refractivity contribution is 7.89. The number of sulfonamides is 1. The van der Waals surface area contributed by atoms with Gasteiger partial charge in [-0.15, -0.1) is 0 Å². The molecule has 0 aromatic heterocycles. The fourth-order valence-electron chi connectivity index (χ4n) is 1.51. The maximum absolute atomic E-state index is 12.1. The highest BCUT2D eigenvalue weighted by Crippen LogP contribution is 2.11. The first-order valence-electron chi connectivity index (χ1n) is 6.34. The summed E-state index contributed by atoms with van der Waals surface area (Å²) in [4.78, 5) is 2.42. The molecule has 112 valence electrons. The van der Waals surface area contributed by atoms with Gasteiger partial charge in [-0.25, -0.2) is 13.1 Å². The number of rotatable bonds is 7. The zero-order valence-electron chi connectivity index (χ0n) is 12.0. The fraction of sp³-hybridized carbons (Fsp3) is 0.462. The molecule has 0 radical (unpaired) electrons. The van der Waals surface area contributed by atoms with Crippen molar-refractivity contribution in [3.8, 4) is 0 Å². The maximum atomic E-state index is 12.1. The lowest BCUT2D eigenvalue weighted by atomic mass is 10.2. The molecule has 1 rings (SSSR count). The van der Waals surface area contributed by atoms with E-state index < -0.39 is 10.0 Å². The molecular formula is C13H21N3O2S2. The summed E-state index contributed by atoms with van der Waals surface area (Å²) in [6.45, 7) is 5.11. The maximum Gasteiger partial charge on any atom is 0.240 e. The normalized spacial score (nSPS) is 12.1. The molecule has 0 aliphatic heterocycles. The summed E-state index contributed by atoms with van der Waals surface area (Å²) in [6.07, 6.45) is 0. The van der Waals surface area contributed by atoms with Crippen LogP contribution in [0.5, 0.6) is 0 Å². The zero-order valence-corrected chi connectivity index (χ0v) is 13.6. The summed E-state index contributed by atoms with van der Waals surface area (Å²) in [5.74, 6) is 0. The van der Waals surface area contributed by atoms with E-state index in [4.69, 9.17) is 18.0 Å². The van der Waals surface area contributed by atoms with E-state index >= 15 is 0 Å². The Balaban J connectivity index is 2.74. The molecule has 0 unspecified atom stereocenters. The molecule has 3 N–H and O–H groups in total. The van der Waals surface area contributed by atoms with Crippen LogP contribution in [0.4, 0.5) is 0 Å². The first-order valence-corrected chi connectivity index (χ1v) is 8.23. The molecule has 1 aromatic rings. The van der Waals surface area contributed by atoms with Crippen LogP contribution in [-0.2, 0) is 10.0 Å². The van der Waals surface area contributed by atoms with Crippen molar-refractivity contribution in [2.45, 2.75) is 24.8 Å². The predicted molar refractivity (Wildman–Crippen MR) is 85.3 cm³/mol. The van der Waals surface area contributed by atoms with Crippen LogP contribution in [0.25, 0.3) is 0 Å². The van der Waals surface area contributed by atoms with Gasteiger partial charge in [0.25, 0.3) is 0 Å². The van der Waals surface area contributed by atoms with Crippen LogP contribution in [0.15, 0.2) is 29.2 Å². The third kappa shape index (κ3) is 4.82. The molecule has 5 nitrogen and oxygen atoms in total. The Labute approximate surface area is 126 Å². The zero-order chi connectivity index (χ0) is 15.3. The minimum absolute atomic E-state index is 0.176. The van der Waals surface area contributed by atoms with E-state index in [9.17, 15) is 8.42 Å². The smallest absolute Gasteiger partial charge is 0.240 e. The van der Waals surface area contributed by atoms with Crippen LogP contribution < -0.4 is 10.5 Å². The van der Waals surface area contributed by atoms with E-state index in [0.717, 1.165) is 0 Å². The third-order valence-electron chi connectivity index (χ3n) is 3.07. The Kier molecular flexibility index (Phi) is 6.07. The van der Waals surface area contributed by atoms with Gasteiger partial charge < -0.3 is 10.6 Å². The van der Waals surface area contributed by atoms with Gasteiger partial charge in [-0.05, 0) is 33.0 Å². The average Bonchev–Trinajstić information content (AvgIpc) is 2.38. The largest absolute Gasteiger partial charge is 0.389 e. The van der Waals surface area contributed by atoms with Gasteiger partial charge in [0.2, 0.25) is 10.0 Å². The van der Waals surface area contributed by atoms with Crippen molar-refractivity contribution in [2.75, 3.05) is 20.1 Å². The van der Waals surface area contributed by atoms with Gasteiger partial charge in [0.1, 0.15) is 4.99 Å². The Hall–Kier alpha value is -1.02. The second kappa shape index (κ2) is 7.12. The average molecular weight is 315 g/mol. The van der Waals surface area contributed by atoms with Gasteiger partial charge in [-0.1, -0.05) is 24.4 Å². The van der Waals surface area contributed by atoms with E-state index in [1.54, 1.807) is 12.1 Å². The number of hydrogen-bond acceptors (Lipinski definition) is 4. The first kappa shape index (κ1) is 17.0. The van der Waals surface area contributed by atoms with Crippen molar-refractivity contribution in [3.05, 3.63) is 29.8 Å². The molecular weight excluding hydrogens is 294 g/mol. The quantitative estimate of drug-likeness (QED) is 0.733. The van der Waals surface area contributed by atoms with Gasteiger partial charge in [0.05, 0.1) is 4.90 Å². The number of nitrogens with one attached hydrogen (secondary N) is 1. The van der Waals surface area contributed by atoms with Gasteiger partial charge in [-0.2, -0.15) is 0 Å². The Bertz CT molecular complexity index is 571.